The fourth-order valence-electron chi connectivity index (χ4n) is 2.25. The second-order valence-electron chi connectivity index (χ2n) is 6.09. The van der Waals surface area contributed by atoms with Crippen LogP contribution in [0.5, 0.6) is 5.75 Å². The molecule has 4 nitrogen and oxygen atoms in total. The van der Waals surface area contributed by atoms with Gasteiger partial charge in [0.15, 0.2) is 6.61 Å². The van der Waals surface area contributed by atoms with Crippen LogP contribution in [0.15, 0.2) is 42.5 Å². The zero-order valence-corrected chi connectivity index (χ0v) is 13.4. The first-order valence-corrected chi connectivity index (χ1v) is 7.58. The number of hydrogen-bond acceptors (Lipinski definition) is 3. The van der Waals surface area contributed by atoms with E-state index in [1.54, 1.807) is 0 Å². The normalized spacial score (nSPS) is 13.9. The van der Waals surface area contributed by atoms with Crippen LogP contribution in [0, 0.1) is 5.92 Å². The Kier molecular flexibility index (Phi) is 5.03. The van der Waals surface area contributed by atoms with Gasteiger partial charge in [-0.1, -0.05) is 50.2 Å². The Morgan fingerprint density at radius 2 is 1.91 bits per heavy atom. The number of benzene rings is 2. The van der Waals surface area contributed by atoms with Crippen molar-refractivity contribution < 1.29 is 9.53 Å². The molecule has 0 saturated carbocycles. The third-order valence-corrected chi connectivity index (χ3v) is 4.23. The number of ether oxygens (including phenoxy) is 1. The van der Waals surface area contributed by atoms with E-state index in [0.717, 1.165) is 10.8 Å². The largest absolute Gasteiger partial charge is 0.483 e. The first-order valence-electron chi connectivity index (χ1n) is 7.58. The first-order chi connectivity index (χ1) is 10.5. The predicted molar refractivity (Wildman–Crippen MR) is 89.9 cm³/mol. The smallest absolute Gasteiger partial charge is 0.258 e. The summed E-state index contributed by atoms with van der Waals surface area (Å²) >= 11 is 0. The van der Waals surface area contributed by atoms with Crippen LogP contribution in [0.25, 0.3) is 10.8 Å². The molecule has 3 N–H and O–H groups in total. The lowest BCUT2D eigenvalue weighted by Gasteiger charge is -2.33. The van der Waals surface area contributed by atoms with Crippen LogP contribution in [0.2, 0.25) is 0 Å². The average Bonchev–Trinajstić information content (AvgIpc) is 2.52. The summed E-state index contributed by atoms with van der Waals surface area (Å²) in [6.45, 7) is 6.41. The Balaban J connectivity index is 2.04. The van der Waals surface area contributed by atoms with Crippen molar-refractivity contribution in [3.05, 3.63) is 42.5 Å². The minimum atomic E-state index is -0.417. The Morgan fingerprint density at radius 3 is 2.59 bits per heavy atom. The van der Waals surface area contributed by atoms with Crippen LogP contribution in [-0.2, 0) is 4.79 Å². The van der Waals surface area contributed by atoms with Gasteiger partial charge in [-0.2, -0.15) is 0 Å². The Bertz CT molecular complexity index is 649. The van der Waals surface area contributed by atoms with Crippen LogP contribution in [-0.4, -0.2) is 24.6 Å². The van der Waals surface area contributed by atoms with Crippen molar-refractivity contribution in [2.75, 3.05) is 13.2 Å². The fourth-order valence-corrected chi connectivity index (χ4v) is 2.25. The summed E-state index contributed by atoms with van der Waals surface area (Å²) in [6, 6.07) is 13.8. The molecule has 0 radical (unpaired) electrons. The maximum absolute atomic E-state index is 12.1. The van der Waals surface area contributed by atoms with Crippen molar-refractivity contribution >= 4 is 16.7 Å². The molecule has 2 aromatic carbocycles. The van der Waals surface area contributed by atoms with Crippen LogP contribution >= 0.6 is 0 Å². The Morgan fingerprint density at radius 1 is 1.23 bits per heavy atom. The molecule has 0 aliphatic carbocycles. The minimum absolute atomic E-state index is 0.0175. The lowest BCUT2D eigenvalue weighted by Crippen LogP contribution is -2.56. The monoisotopic (exact) mass is 300 g/mol. The molecule has 0 heterocycles. The molecule has 1 amide bonds. The molecular weight excluding hydrogens is 276 g/mol. The van der Waals surface area contributed by atoms with Gasteiger partial charge >= 0.3 is 0 Å². The van der Waals surface area contributed by atoms with Crippen LogP contribution in [0.4, 0.5) is 0 Å². The summed E-state index contributed by atoms with van der Waals surface area (Å²) in [7, 11) is 0. The summed E-state index contributed by atoms with van der Waals surface area (Å²) in [6.07, 6.45) is 0. The maximum atomic E-state index is 12.1. The quantitative estimate of drug-likeness (QED) is 0.862. The second-order valence-corrected chi connectivity index (χ2v) is 6.09. The van der Waals surface area contributed by atoms with Gasteiger partial charge in [0.1, 0.15) is 5.75 Å². The van der Waals surface area contributed by atoms with E-state index in [4.69, 9.17) is 10.5 Å². The van der Waals surface area contributed by atoms with Gasteiger partial charge in [-0.05, 0) is 24.3 Å². The van der Waals surface area contributed by atoms with Crippen molar-refractivity contribution in [1.29, 1.82) is 0 Å². The summed E-state index contributed by atoms with van der Waals surface area (Å²) in [5.74, 6) is 0.806. The van der Waals surface area contributed by atoms with Gasteiger partial charge in [0, 0.05) is 11.9 Å². The molecule has 1 atom stereocenters. The topological polar surface area (TPSA) is 64.3 Å². The second kappa shape index (κ2) is 6.79. The Hall–Kier alpha value is -2.07. The average molecular weight is 300 g/mol. The highest BCUT2D eigenvalue weighted by atomic mass is 16.5. The van der Waals surface area contributed by atoms with E-state index in [0.29, 0.717) is 12.3 Å². The van der Waals surface area contributed by atoms with Gasteiger partial charge in [0.05, 0.1) is 5.54 Å². The highest BCUT2D eigenvalue weighted by Crippen LogP contribution is 2.25. The van der Waals surface area contributed by atoms with Gasteiger partial charge in [0.25, 0.3) is 5.91 Å². The van der Waals surface area contributed by atoms with Crippen molar-refractivity contribution in [2.24, 2.45) is 11.7 Å². The fraction of sp³-hybridized carbons (Fsp3) is 0.389. The number of nitrogens with two attached hydrogens (primary N) is 1. The summed E-state index contributed by atoms with van der Waals surface area (Å²) in [5.41, 5.74) is 5.36. The number of fused-ring (bicyclic) bond motifs is 1. The van der Waals surface area contributed by atoms with Gasteiger partial charge < -0.3 is 15.8 Å². The highest BCUT2D eigenvalue weighted by Gasteiger charge is 2.28. The van der Waals surface area contributed by atoms with Crippen LogP contribution in [0.1, 0.15) is 20.8 Å². The third-order valence-electron chi connectivity index (χ3n) is 4.23. The minimum Gasteiger partial charge on any atom is -0.483 e. The van der Waals surface area contributed by atoms with E-state index in [2.05, 4.69) is 5.32 Å². The summed E-state index contributed by atoms with van der Waals surface area (Å²) in [4.78, 5) is 12.1. The molecule has 0 fully saturated rings. The molecule has 1 unspecified atom stereocenters. The maximum Gasteiger partial charge on any atom is 0.258 e. The van der Waals surface area contributed by atoms with E-state index in [9.17, 15) is 4.79 Å². The van der Waals surface area contributed by atoms with Crippen molar-refractivity contribution in [2.45, 2.75) is 26.3 Å². The molecule has 0 aromatic heterocycles. The van der Waals surface area contributed by atoms with Crippen molar-refractivity contribution in [3.8, 4) is 5.75 Å². The van der Waals surface area contributed by atoms with Crippen molar-refractivity contribution in [3.63, 3.8) is 0 Å². The molecule has 118 valence electrons. The van der Waals surface area contributed by atoms with Crippen LogP contribution in [0.3, 0.4) is 0 Å². The highest BCUT2D eigenvalue weighted by molar-refractivity contribution is 5.88. The van der Waals surface area contributed by atoms with Gasteiger partial charge in [-0.15, -0.1) is 0 Å². The van der Waals surface area contributed by atoms with E-state index >= 15 is 0 Å². The molecule has 0 aliphatic heterocycles. The number of carbonyl (C=O) groups excluding carboxylic acids is 1. The predicted octanol–water partition coefficient (Wildman–Crippen LogP) is 2.71. The van der Waals surface area contributed by atoms with Gasteiger partial charge in [-0.3, -0.25) is 4.79 Å². The number of carbonyl (C=O) groups is 1. The molecule has 2 aromatic rings. The summed E-state index contributed by atoms with van der Waals surface area (Å²) in [5, 5.41) is 5.07. The third kappa shape index (κ3) is 3.57. The standard InChI is InChI=1S/C18H24N2O2/c1-13(2)18(3,12-19)20-17(21)11-22-16-10-6-8-14-7-4-5-9-15(14)16/h4-10,13H,11-12,19H2,1-3H3,(H,20,21). The SMILES string of the molecule is CC(C)C(C)(CN)NC(=O)COc1cccc2ccccc12. The van der Waals surface area contributed by atoms with Gasteiger partial charge in [0.2, 0.25) is 0 Å². The number of nitrogens with one attached hydrogen (secondary N) is 1. The van der Waals surface area contributed by atoms with E-state index < -0.39 is 5.54 Å². The van der Waals surface area contributed by atoms with Gasteiger partial charge in [-0.25, -0.2) is 0 Å². The summed E-state index contributed by atoms with van der Waals surface area (Å²) < 4.78 is 5.70. The molecule has 22 heavy (non-hydrogen) atoms. The number of amides is 1. The van der Waals surface area contributed by atoms with E-state index in [1.807, 2.05) is 63.2 Å². The first kappa shape index (κ1) is 16.3. The molecular formula is C18H24N2O2. The molecule has 0 saturated heterocycles. The number of hydrogen-bond donors (Lipinski definition) is 2. The molecule has 0 spiro atoms. The van der Waals surface area contributed by atoms with Crippen LogP contribution < -0.4 is 15.8 Å². The molecule has 0 bridgehead atoms. The lowest BCUT2D eigenvalue weighted by molar-refractivity contribution is -0.125. The van der Waals surface area contributed by atoms with E-state index in [-0.39, 0.29) is 18.4 Å². The van der Waals surface area contributed by atoms with E-state index in [1.165, 1.54) is 0 Å². The zero-order chi connectivity index (χ0) is 16.2. The van der Waals surface area contributed by atoms with Crippen molar-refractivity contribution in [1.82, 2.24) is 5.32 Å². The lowest BCUT2D eigenvalue weighted by atomic mass is 9.88. The Labute approximate surface area is 131 Å². The number of rotatable bonds is 6. The zero-order valence-electron chi connectivity index (χ0n) is 13.4. The molecule has 2 rings (SSSR count). The molecule has 0 aliphatic rings. The molecule has 4 heteroatoms.